The molecular weight excluding hydrogens is 524 g/mol. The normalized spacial score (nSPS) is 49.5. The molecular formula is C34H51ClO5. The maximum atomic E-state index is 13.1. The van der Waals surface area contributed by atoms with E-state index in [1.807, 2.05) is 0 Å². The Balaban J connectivity index is 1.53. The topological polar surface area (TPSA) is 69.7 Å². The van der Waals surface area contributed by atoms with E-state index < -0.39 is 10.8 Å². The van der Waals surface area contributed by atoms with Gasteiger partial charge in [-0.25, -0.2) is 0 Å². The second-order valence-electron chi connectivity index (χ2n) is 15.5. The van der Waals surface area contributed by atoms with E-state index in [9.17, 15) is 14.4 Å². The van der Waals surface area contributed by atoms with Crippen LogP contribution in [0.5, 0.6) is 0 Å². The molecule has 0 unspecified atom stereocenters. The van der Waals surface area contributed by atoms with Crippen molar-refractivity contribution in [2.75, 3.05) is 6.61 Å². The largest absolute Gasteiger partial charge is 0.465 e. The first-order valence-corrected chi connectivity index (χ1v) is 16.1. The minimum Gasteiger partial charge on any atom is -0.465 e. The smallest absolute Gasteiger partial charge is 0.302 e. The molecule has 40 heavy (non-hydrogen) atoms. The Labute approximate surface area is 246 Å². The SMILES string of the molecule is C=C(C)[C@@H]1CC[C@]2(C(=O)Cl)CC[C@]3(C)[C@H](CC[C@@H]4[C@@]5(C)CC[C@H](OC(C)=O)[C@@](C)(COC(C)=O)[C@@H]5CC[C@]43C)[C@@H]12. The lowest BCUT2D eigenvalue weighted by Crippen LogP contribution is -2.68. The minimum atomic E-state index is -0.424. The molecule has 5 rings (SSSR count). The van der Waals surface area contributed by atoms with Crippen molar-refractivity contribution in [1.82, 2.24) is 0 Å². The third-order valence-electron chi connectivity index (χ3n) is 14.1. The Kier molecular flexibility index (Phi) is 7.41. The van der Waals surface area contributed by atoms with Crippen LogP contribution in [0.3, 0.4) is 0 Å². The summed E-state index contributed by atoms with van der Waals surface area (Å²) >= 11 is 6.47. The van der Waals surface area contributed by atoms with Crippen LogP contribution in [0.15, 0.2) is 12.2 Å². The highest BCUT2D eigenvalue weighted by molar-refractivity contribution is 6.64. The summed E-state index contributed by atoms with van der Waals surface area (Å²) in [7, 11) is 0. The van der Waals surface area contributed by atoms with Gasteiger partial charge >= 0.3 is 11.9 Å². The Hall–Kier alpha value is -1.36. The highest BCUT2D eigenvalue weighted by Crippen LogP contribution is 2.77. The maximum Gasteiger partial charge on any atom is 0.302 e. The maximum absolute atomic E-state index is 13.1. The number of allylic oxidation sites excluding steroid dienone is 1. The molecule has 5 nitrogen and oxygen atoms in total. The predicted molar refractivity (Wildman–Crippen MR) is 156 cm³/mol. The first-order chi connectivity index (χ1) is 18.6. The highest BCUT2D eigenvalue weighted by atomic mass is 35.5. The van der Waals surface area contributed by atoms with Crippen LogP contribution < -0.4 is 0 Å². The van der Waals surface area contributed by atoms with Crippen LogP contribution in [0, 0.1) is 56.7 Å². The number of fused-ring (bicyclic) bond motifs is 7. The molecule has 0 amide bonds. The second-order valence-corrected chi connectivity index (χ2v) is 15.9. The van der Waals surface area contributed by atoms with Gasteiger partial charge in [-0.3, -0.25) is 14.4 Å². The summed E-state index contributed by atoms with van der Waals surface area (Å²) in [5.41, 5.74) is 0.675. The summed E-state index contributed by atoms with van der Waals surface area (Å²) in [6.07, 6.45) is 9.78. The summed E-state index contributed by atoms with van der Waals surface area (Å²) in [4.78, 5) is 37.2. The fourth-order valence-corrected chi connectivity index (χ4v) is 12.4. The molecule has 0 aliphatic heterocycles. The highest BCUT2D eigenvalue weighted by Gasteiger charge is 2.72. The van der Waals surface area contributed by atoms with Gasteiger partial charge in [0.2, 0.25) is 5.24 Å². The van der Waals surface area contributed by atoms with Crippen LogP contribution in [0.25, 0.3) is 0 Å². The molecule has 0 aromatic heterocycles. The van der Waals surface area contributed by atoms with Crippen LogP contribution in [0.2, 0.25) is 0 Å². The number of hydrogen-bond acceptors (Lipinski definition) is 5. The summed E-state index contributed by atoms with van der Waals surface area (Å²) in [5, 5.41) is -0.115. The Morgan fingerprint density at radius 2 is 1.50 bits per heavy atom. The Morgan fingerprint density at radius 3 is 2.10 bits per heavy atom. The molecule has 0 radical (unpaired) electrons. The molecule has 11 atom stereocenters. The van der Waals surface area contributed by atoms with Gasteiger partial charge in [0.1, 0.15) is 12.7 Å². The van der Waals surface area contributed by atoms with Crippen molar-refractivity contribution in [2.24, 2.45) is 56.7 Å². The molecule has 0 aromatic rings. The third kappa shape index (κ3) is 4.02. The van der Waals surface area contributed by atoms with Crippen molar-refractivity contribution in [3.63, 3.8) is 0 Å². The van der Waals surface area contributed by atoms with E-state index in [1.54, 1.807) is 0 Å². The van der Waals surface area contributed by atoms with Crippen molar-refractivity contribution < 1.29 is 23.9 Å². The van der Waals surface area contributed by atoms with Crippen LogP contribution >= 0.6 is 11.6 Å². The lowest BCUT2D eigenvalue weighted by atomic mass is 9.32. The van der Waals surface area contributed by atoms with Crippen molar-refractivity contribution in [3.8, 4) is 0 Å². The molecule has 6 heteroatoms. The van der Waals surface area contributed by atoms with Gasteiger partial charge in [-0.15, -0.1) is 0 Å². The molecule has 5 saturated carbocycles. The van der Waals surface area contributed by atoms with Gasteiger partial charge in [-0.2, -0.15) is 0 Å². The van der Waals surface area contributed by atoms with Crippen molar-refractivity contribution in [1.29, 1.82) is 0 Å². The molecule has 0 spiro atoms. The monoisotopic (exact) mass is 574 g/mol. The van der Waals surface area contributed by atoms with Gasteiger partial charge in [0, 0.05) is 24.7 Å². The van der Waals surface area contributed by atoms with Crippen molar-refractivity contribution >= 4 is 28.8 Å². The molecule has 224 valence electrons. The number of carbonyl (C=O) groups excluding carboxylic acids is 3. The van der Waals surface area contributed by atoms with E-state index in [1.165, 1.54) is 19.4 Å². The number of ether oxygens (including phenoxy) is 2. The quantitative estimate of drug-likeness (QED) is 0.190. The number of hydrogen-bond donors (Lipinski definition) is 0. The van der Waals surface area contributed by atoms with Gasteiger partial charge in [-0.05, 0) is 129 Å². The van der Waals surface area contributed by atoms with Crippen LogP contribution in [0.4, 0.5) is 0 Å². The molecule has 5 aliphatic carbocycles. The number of esters is 2. The second kappa shape index (κ2) is 9.85. The van der Waals surface area contributed by atoms with Gasteiger partial charge in [0.05, 0.1) is 0 Å². The Morgan fingerprint density at radius 1 is 0.800 bits per heavy atom. The number of carbonyl (C=O) groups is 3. The predicted octanol–water partition coefficient (Wildman–Crippen LogP) is 7.88. The average molecular weight is 575 g/mol. The van der Waals surface area contributed by atoms with Crippen LogP contribution in [-0.2, 0) is 23.9 Å². The van der Waals surface area contributed by atoms with E-state index in [2.05, 4.69) is 41.2 Å². The lowest BCUT2D eigenvalue weighted by Gasteiger charge is -2.72. The van der Waals surface area contributed by atoms with Crippen LogP contribution in [0.1, 0.15) is 113 Å². The molecule has 0 aromatic carbocycles. The minimum absolute atomic E-state index is 0.0484. The molecule has 5 aliphatic rings. The molecule has 0 saturated heterocycles. The summed E-state index contributed by atoms with van der Waals surface area (Å²) < 4.78 is 11.6. The molecule has 5 fully saturated rings. The average Bonchev–Trinajstić information content (AvgIpc) is 3.26. The van der Waals surface area contributed by atoms with Gasteiger partial charge in [-0.1, -0.05) is 39.8 Å². The zero-order chi connectivity index (χ0) is 29.5. The third-order valence-corrected chi connectivity index (χ3v) is 14.5. The van der Waals surface area contributed by atoms with E-state index in [0.29, 0.717) is 17.8 Å². The van der Waals surface area contributed by atoms with E-state index >= 15 is 0 Å². The standard InChI is InChI=1S/C34H51ClO5/c1-20(2)23-11-16-34(29(35)38)18-17-32(7)24(28(23)34)9-10-26-30(5)14-13-27(40-22(4)37)31(6,19-39-21(3)36)25(30)12-15-33(26,32)8/h23-28H,1,9-19H2,2-8H3/t23-,24+,25+,26+,27-,28+,30-,31-,32+,33+,34-/m0/s1. The molecule has 0 bridgehead atoms. The fraction of sp³-hybridized carbons (Fsp3) is 0.853. The van der Waals surface area contributed by atoms with E-state index in [-0.39, 0.29) is 58.0 Å². The van der Waals surface area contributed by atoms with E-state index in [0.717, 1.165) is 64.2 Å². The Bertz CT molecular complexity index is 1100. The zero-order valence-electron chi connectivity index (χ0n) is 25.9. The van der Waals surface area contributed by atoms with Crippen molar-refractivity contribution in [2.45, 2.75) is 119 Å². The first kappa shape index (κ1) is 30.1. The molecule has 0 heterocycles. The number of halogens is 1. The van der Waals surface area contributed by atoms with E-state index in [4.69, 9.17) is 21.1 Å². The summed E-state index contributed by atoms with van der Waals surface area (Å²) in [6, 6.07) is 0. The first-order valence-electron chi connectivity index (χ1n) is 15.7. The lowest BCUT2D eigenvalue weighted by molar-refractivity contribution is -0.255. The fourth-order valence-electron chi connectivity index (χ4n) is 12.1. The van der Waals surface area contributed by atoms with Gasteiger partial charge in [0.25, 0.3) is 0 Å². The summed E-state index contributed by atoms with van der Waals surface area (Å²) in [5.74, 6) is 1.36. The van der Waals surface area contributed by atoms with Crippen LogP contribution in [-0.4, -0.2) is 29.9 Å². The van der Waals surface area contributed by atoms with Gasteiger partial charge < -0.3 is 9.47 Å². The van der Waals surface area contributed by atoms with Gasteiger partial charge in [0.15, 0.2) is 0 Å². The number of rotatable bonds is 5. The molecule has 0 N–H and O–H groups in total. The zero-order valence-corrected chi connectivity index (χ0v) is 26.6. The summed E-state index contributed by atoms with van der Waals surface area (Å²) in [6.45, 7) is 19.6. The van der Waals surface area contributed by atoms with Crippen molar-refractivity contribution in [3.05, 3.63) is 12.2 Å².